The van der Waals surface area contributed by atoms with Crippen LogP contribution in [0.3, 0.4) is 0 Å². The summed E-state index contributed by atoms with van der Waals surface area (Å²) in [6.07, 6.45) is 5.42. The van der Waals surface area contributed by atoms with Crippen LogP contribution in [0.5, 0.6) is 0 Å². The normalized spacial score (nSPS) is 34.0. The fourth-order valence-electron chi connectivity index (χ4n) is 5.61. The number of carboxylic acids is 1. The highest BCUT2D eigenvalue weighted by molar-refractivity contribution is 5.87. The van der Waals surface area contributed by atoms with Crippen molar-refractivity contribution in [2.45, 2.75) is 78.1 Å². The maximum atomic E-state index is 13.7. The second-order valence-electron chi connectivity index (χ2n) is 10.4. The van der Waals surface area contributed by atoms with Crippen LogP contribution < -0.4 is 0 Å². The Kier molecular flexibility index (Phi) is 6.80. The van der Waals surface area contributed by atoms with Gasteiger partial charge in [-0.25, -0.2) is 4.79 Å². The quantitative estimate of drug-likeness (QED) is 0.397. The molecule has 182 valence electrons. The Bertz CT molecular complexity index is 917. The molecule has 2 unspecified atom stereocenters. The van der Waals surface area contributed by atoms with Gasteiger partial charge in [-0.05, 0) is 51.5 Å². The molecule has 8 heteroatoms. The monoisotopic (exact) mass is 462 g/mol. The summed E-state index contributed by atoms with van der Waals surface area (Å²) >= 11 is 0. The largest absolute Gasteiger partial charge is 0.506 e. The zero-order valence-electron chi connectivity index (χ0n) is 19.9. The van der Waals surface area contributed by atoms with Gasteiger partial charge in [-0.1, -0.05) is 26.0 Å². The van der Waals surface area contributed by atoms with Crippen LogP contribution in [0.2, 0.25) is 0 Å². The molecule has 3 rings (SSSR count). The number of carbonyl (C=O) groups excluding carboxylic acids is 1. The highest BCUT2D eigenvalue weighted by atomic mass is 16.7. The molecule has 1 aromatic heterocycles. The molecule has 0 bridgehead atoms. The van der Waals surface area contributed by atoms with Crippen LogP contribution in [0.4, 0.5) is 4.79 Å². The van der Waals surface area contributed by atoms with E-state index in [9.17, 15) is 19.5 Å². The number of allylic oxidation sites excluding steroid dienone is 2. The van der Waals surface area contributed by atoms with Gasteiger partial charge in [0.05, 0.1) is 30.7 Å². The average molecular weight is 463 g/mol. The molecule has 0 aromatic carbocycles. The van der Waals surface area contributed by atoms with Crippen molar-refractivity contribution >= 4 is 17.9 Å². The first-order valence-corrected chi connectivity index (χ1v) is 11.3. The maximum absolute atomic E-state index is 13.7. The lowest BCUT2D eigenvalue weighted by Crippen LogP contribution is -2.48. The Morgan fingerprint density at radius 2 is 1.88 bits per heavy atom. The van der Waals surface area contributed by atoms with E-state index in [1.807, 2.05) is 46.8 Å². The first-order chi connectivity index (χ1) is 15.3. The number of rotatable bonds is 8. The summed E-state index contributed by atoms with van der Waals surface area (Å²) in [6.45, 7) is 9.59. The highest BCUT2D eigenvalue weighted by Crippen LogP contribution is 2.56. The number of carboxylic acid groups (broad SMARTS) is 2. The summed E-state index contributed by atoms with van der Waals surface area (Å²) in [5, 5.41) is 18.5. The lowest BCUT2D eigenvalue weighted by Gasteiger charge is -2.50. The van der Waals surface area contributed by atoms with Crippen molar-refractivity contribution in [2.24, 2.45) is 22.7 Å². The van der Waals surface area contributed by atoms with Gasteiger partial charge in [0.15, 0.2) is 0 Å². The SMILES string of the molecule is CC1[C@](C)(C(=O)CC2C[C@H](CC(=O)O)OC2(C)C)C=CC[C@@]1(C)[C@@H](OC(=O)O)c1ccoc1. The first-order valence-electron chi connectivity index (χ1n) is 11.3. The van der Waals surface area contributed by atoms with Crippen LogP contribution >= 0.6 is 0 Å². The predicted molar refractivity (Wildman–Crippen MR) is 119 cm³/mol. The van der Waals surface area contributed by atoms with Crippen molar-refractivity contribution in [3.63, 3.8) is 0 Å². The van der Waals surface area contributed by atoms with E-state index in [-0.39, 0.29) is 30.5 Å². The molecule has 1 aromatic rings. The molecule has 8 nitrogen and oxygen atoms in total. The molecule has 1 aliphatic carbocycles. The van der Waals surface area contributed by atoms with E-state index in [0.717, 1.165) is 0 Å². The summed E-state index contributed by atoms with van der Waals surface area (Å²) in [4.78, 5) is 36.4. The average Bonchev–Trinajstić information content (AvgIpc) is 3.31. The van der Waals surface area contributed by atoms with Gasteiger partial charge in [0.1, 0.15) is 11.9 Å². The van der Waals surface area contributed by atoms with Gasteiger partial charge < -0.3 is 24.1 Å². The van der Waals surface area contributed by atoms with Crippen molar-refractivity contribution in [3.05, 3.63) is 36.3 Å². The van der Waals surface area contributed by atoms with Crippen molar-refractivity contribution in [1.29, 1.82) is 0 Å². The number of furan rings is 1. The van der Waals surface area contributed by atoms with Gasteiger partial charge in [0.25, 0.3) is 0 Å². The number of hydrogen-bond acceptors (Lipinski definition) is 6. The lowest BCUT2D eigenvalue weighted by atomic mass is 9.54. The summed E-state index contributed by atoms with van der Waals surface area (Å²) in [5.74, 6) is -1.25. The van der Waals surface area contributed by atoms with E-state index in [0.29, 0.717) is 18.4 Å². The van der Waals surface area contributed by atoms with Crippen molar-refractivity contribution in [3.8, 4) is 0 Å². The minimum Gasteiger partial charge on any atom is -0.481 e. The molecular formula is C25H34O8. The van der Waals surface area contributed by atoms with E-state index in [1.54, 1.807) is 6.07 Å². The fraction of sp³-hybridized carbons (Fsp3) is 0.640. The Labute approximate surface area is 193 Å². The van der Waals surface area contributed by atoms with E-state index in [2.05, 4.69) is 0 Å². The molecule has 0 radical (unpaired) electrons. The molecular weight excluding hydrogens is 428 g/mol. The third-order valence-corrected chi connectivity index (χ3v) is 8.01. The Balaban J connectivity index is 1.85. The van der Waals surface area contributed by atoms with Crippen molar-refractivity contribution in [2.75, 3.05) is 0 Å². The molecule has 2 heterocycles. The smallest absolute Gasteiger partial charge is 0.481 e. The third kappa shape index (κ3) is 4.86. The van der Waals surface area contributed by atoms with E-state index in [4.69, 9.17) is 19.0 Å². The summed E-state index contributed by atoms with van der Waals surface area (Å²) in [5.41, 5.74) is -1.53. The van der Waals surface area contributed by atoms with Crippen LogP contribution in [-0.4, -0.2) is 39.8 Å². The number of ether oxygens (including phenoxy) is 2. The number of Topliss-reactive ketones (excluding diaryl/α,β-unsaturated/α-hetero) is 1. The van der Waals surface area contributed by atoms with Gasteiger partial charge in [0, 0.05) is 22.8 Å². The van der Waals surface area contributed by atoms with E-state index in [1.165, 1.54) is 12.5 Å². The summed E-state index contributed by atoms with van der Waals surface area (Å²) < 4.78 is 16.5. The minimum absolute atomic E-state index is 0.0242. The van der Waals surface area contributed by atoms with Crippen molar-refractivity contribution < 1.29 is 38.5 Å². The van der Waals surface area contributed by atoms with Gasteiger partial charge in [-0.2, -0.15) is 0 Å². The lowest BCUT2D eigenvalue weighted by molar-refractivity contribution is -0.142. The highest BCUT2D eigenvalue weighted by Gasteiger charge is 2.54. The van der Waals surface area contributed by atoms with Gasteiger partial charge in [-0.15, -0.1) is 0 Å². The molecule has 2 aliphatic rings. The Morgan fingerprint density at radius 1 is 1.18 bits per heavy atom. The number of carbonyl (C=O) groups is 3. The number of ketones is 1. The molecule has 1 fully saturated rings. The van der Waals surface area contributed by atoms with Crippen LogP contribution in [0, 0.1) is 22.7 Å². The summed E-state index contributed by atoms with van der Waals surface area (Å²) in [7, 11) is 0. The predicted octanol–water partition coefficient (Wildman–Crippen LogP) is 5.24. The van der Waals surface area contributed by atoms with E-state index < -0.39 is 40.8 Å². The van der Waals surface area contributed by atoms with Crippen LogP contribution in [0.25, 0.3) is 0 Å². The standard InChI is InChI=1S/C25H34O8/c1-15-24(4,19(26)12-17-11-18(13-20(27)28)33-23(17,2)3)8-6-9-25(15,5)21(32-22(29)30)16-7-10-31-14-16/h6-8,10,14-15,17-18,21H,9,11-13H2,1-5H3,(H,27,28)(H,29,30)/t15?,17?,18-,21+,24-,25-/m1/s1. The molecule has 2 N–H and O–H groups in total. The van der Waals surface area contributed by atoms with Crippen LogP contribution in [-0.2, 0) is 19.1 Å². The van der Waals surface area contributed by atoms with Gasteiger partial charge in [-0.3, -0.25) is 9.59 Å². The molecule has 33 heavy (non-hydrogen) atoms. The third-order valence-electron chi connectivity index (χ3n) is 8.01. The maximum Gasteiger partial charge on any atom is 0.506 e. The number of hydrogen-bond donors (Lipinski definition) is 2. The van der Waals surface area contributed by atoms with Gasteiger partial charge in [0.2, 0.25) is 0 Å². The fourth-order valence-corrected chi connectivity index (χ4v) is 5.61. The molecule has 1 saturated heterocycles. The van der Waals surface area contributed by atoms with Crippen LogP contribution in [0.15, 0.2) is 35.2 Å². The van der Waals surface area contributed by atoms with Gasteiger partial charge >= 0.3 is 12.1 Å². The molecule has 6 atom stereocenters. The zero-order valence-corrected chi connectivity index (χ0v) is 19.9. The molecule has 0 spiro atoms. The van der Waals surface area contributed by atoms with Crippen molar-refractivity contribution in [1.82, 2.24) is 0 Å². The molecule has 0 amide bonds. The topological polar surface area (TPSA) is 123 Å². The molecule has 0 saturated carbocycles. The molecule has 1 aliphatic heterocycles. The number of aliphatic carboxylic acids is 1. The van der Waals surface area contributed by atoms with E-state index >= 15 is 0 Å². The van der Waals surface area contributed by atoms with Crippen LogP contribution in [0.1, 0.15) is 72.0 Å². The Hall–Kier alpha value is -2.61. The summed E-state index contributed by atoms with van der Waals surface area (Å²) in [6, 6.07) is 1.68. The first kappa shape index (κ1) is 25.0. The zero-order chi connectivity index (χ0) is 24.6. The Morgan fingerprint density at radius 3 is 2.45 bits per heavy atom. The minimum atomic E-state index is -1.38. The second-order valence-corrected chi connectivity index (χ2v) is 10.4. The second kappa shape index (κ2) is 8.97.